The summed E-state index contributed by atoms with van der Waals surface area (Å²) in [6, 6.07) is 6.04. The van der Waals surface area contributed by atoms with Crippen LogP contribution in [0, 0.1) is 5.92 Å². The topological polar surface area (TPSA) is 84.9 Å². The molecule has 2 rings (SSSR count). The maximum absolute atomic E-state index is 13.0. The van der Waals surface area contributed by atoms with Gasteiger partial charge in [0.1, 0.15) is 11.8 Å². The van der Waals surface area contributed by atoms with Crippen molar-refractivity contribution in [2.45, 2.75) is 52.5 Å². The third kappa shape index (κ3) is 7.07. The number of benzene rings is 1. The number of carbonyl (C=O) groups is 3. The summed E-state index contributed by atoms with van der Waals surface area (Å²) in [5.41, 5.74) is 0.459. The van der Waals surface area contributed by atoms with Crippen LogP contribution in [0.25, 0.3) is 0 Å². The van der Waals surface area contributed by atoms with Gasteiger partial charge in [0, 0.05) is 18.7 Å². The van der Waals surface area contributed by atoms with Crippen molar-refractivity contribution in [3.8, 4) is 5.75 Å². The molecule has 0 saturated carbocycles. The average Bonchev–Trinajstić information content (AvgIpc) is 2.69. The van der Waals surface area contributed by atoms with Gasteiger partial charge in [0.15, 0.2) is 0 Å². The monoisotopic (exact) mass is 404 g/mol. The van der Waals surface area contributed by atoms with E-state index in [0.717, 1.165) is 19.3 Å². The van der Waals surface area contributed by atoms with Crippen LogP contribution < -0.4 is 10.1 Å². The number of nitrogens with one attached hydrogen (secondary N) is 1. The normalized spacial score (nSPS) is 16.5. The first-order chi connectivity index (χ1) is 13.9. The zero-order valence-electron chi connectivity index (χ0n) is 17.6. The highest BCUT2D eigenvalue weighted by Crippen LogP contribution is 2.18. The van der Waals surface area contributed by atoms with Crippen molar-refractivity contribution in [1.82, 2.24) is 10.2 Å². The van der Waals surface area contributed by atoms with Crippen molar-refractivity contribution in [1.29, 1.82) is 0 Å². The fourth-order valence-electron chi connectivity index (χ4n) is 2.98. The lowest BCUT2D eigenvalue weighted by Gasteiger charge is -2.34. The Morgan fingerprint density at radius 1 is 1.21 bits per heavy atom. The van der Waals surface area contributed by atoms with Gasteiger partial charge >= 0.3 is 5.97 Å². The number of piperazine rings is 1. The minimum absolute atomic E-state index is 0.141. The molecule has 0 radical (unpaired) electrons. The van der Waals surface area contributed by atoms with Crippen molar-refractivity contribution in [3.63, 3.8) is 0 Å². The van der Waals surface area contributed by atoms with Crippen LogP contribution in [0.4, 0.5) is 0 Å². The molecule has 0 spiro atoms. The largest absolute Gasteiger partial charge is 0.494 e. The van der Waals surface area contributed by atoms with Crippen LogP contribution in [0.2, 0.25) is 0 Å². The van der Waals surface area contributed by atoms with Gasteiger partial charge in [-0.05, 0) is 43.0 Å². The highest BCUT2D eigenvalue weighted by atomic mass is 16.5. The van der Waals surface area contributed by atoms with Crippen molar-refractivity contribution in [2.24, 2.45) is 5.92 Å². The van der Waals surface area contributed by atoms with Crippen molar-refractivity contribution in [2.75, 3.05) is 26.3 Å². The van der Waals surface area contributed by atoms with E-state index in [4.69, 9.17) is 9.47 Å². The first-order valence-corrected chi connectivity index (χ1v) is 10.4. The summed E-state index contributed by atoms with van der Waals surface area (Å²) in [4.78, 5) is 38.8. The van der Waals surface area contributed by atoms with Gasteiger partial charge in [0.25, 0.3) is 5.91 Å². The molecule has 0 aromatic heterocycles. The van der Waals surface area contributed by atoms with Crippen molar-refractivity contribution < 1.29 is 23.9 Å². The minimum Gasteiger partial charge on any atom is -0.494 e. The highest BCUT2D eigenvalue weighted by Gasteiger charge is 2.35. The Kier molecular flexibility index (Phi) is 8.96. The molecule has 7 nitrogen and oxygen atoms in total. The highest BCUT2D eigenvalue weighted by molar-refractivity contribution is 5.99. The zero-order valence-corrected chi connectivity index (χ0v) is 17.6. The Hall–Kier alpha value is -2.57. The van der Waals surface area contributed by atoms with Gasteiger partial charge in [0.05, 0.1) is 19.6 Å². The van der Waals surface area contributed by atoms with Crippen LogP contribution >= 0.6 is 0 Å². The van der Waals surface area contributed by atoms with Crippen LogP contribution in [0.5, 0.6) is 5.75 Å². The summed E-state index contributed by atoms with van der Waals surface area (Å²) in [6.45, 7) is 7.94. The van der Waals surface area contributed by atoms with Crippen LogP contribution in [0.15, 0.2) is 24.3 Å². The maximum Gasteiger partial charge on any atom is 0.308 e. The van der Waals surface area contributed by atoms with E-state index < -0.39 is 12.0 Å². The van der Waals surface area contributed by atoms with Gasteiger partial charge in [-0.1, -0.05) is 27.2 Å². The average molecular weight is 405 g/mol. The second-order valence-electron chi connectivity index (χ2n) is 7.64. The van der Waals surface area contributed by atoms with Gasteiger partial charge in [-0.3, -0.25) is 14.4 Å². The molecular formula is C22H32N2O5. The number of ether oxygens (including phenoxy) is 2. The van der Waals surface area contributed by atoms with Crippen molar-refractivity contribution in [3.05, 3.63) is 29.8 Å². The molecule has 1 unspecified atom stereocenters. The number of amides is 2. The van der Waals surface area contributed by atoms with Crippen LogP contribution in [-0.2, 0) is 14.3 Å². The van der Waals surface area contributed by atoms with E-state index in [-0.39, 0.29) is 18.2 Å². The van der Waals surface area contributed by atoms with Gasteiger partial charge in [-0.25, -0.2) is 0 Å². The molecule has 1 heterocycles. The second kappa shape index (κ2) is 11.4. The molecule has 1 atom stereocenters. The molecule has 0 bridgehead atoms. The van der Waals surface area contributed by atoms with E-state index >= 15 is 0 Å². The van der Waals surface area contributed by atoms with Crippen LogP contribution in [0.3, 0.4) is 0 Å². The third-order valence-corrected chi connectivity index (χ3v) is 4.78. The zero-order chi connectivity index (χ0) is 21.2. The molecule has 1 aromatic rings. The molecule has 2 amide bonds. The summed E-state index contributed by atoms with van der Waals surface area (Å²) in [5.74, 6) is 0.194. The van der Waals surface area contributed by atoms with Gasteiger partial charge in [-0.15, -0.1) is 0 Å². The Balaban J connectivity index is 2.00. The van der Waals surface area contributed by atoms with E-state index in [1.807, 2.05) is 6.92 Å². The summed E-state index contributed by atoms with van der Waals surface area (Å²) >= 11 is 0. The molecule has 1 fully saturated rings. The predicted octanol–water partition coefficient (Wildman–Crippen LogP) is 2.79. The standard InChI is InChI=1S/C22H32N2O5/c1-4-5-13-29-20(25)15-19-21(26)23-11-12-24(19)22(27)17-6-8-18(9-7-17)28-14-10-16(2)3/h6-9,16,19H,4-5,10-15H2,1-3H3,(H,23,26). The second-order valence-corrected chi connectivity index (χ2v) is 7.64. The lowest BCUT2D eigenvalue weighted by molar-refractivity contribution is -0.147. The number of carbonyl (C=O) groups excluding carboxylic acids is 3. The number of nitrogens with zero attached hydrogens (tertiary/aromatic N) is 1. The van der Waals surface area contributed by atoms with E-state index in [1.54, 1.807) is 24.3 Å². The number of rotatable bonds is 10. The molecule has 0 aliphatic carbocycles. The predicted molar refractivity (Wildman–Crippen MR) is 110 cm³/mol. The molecule has 7 heteroatoms. The van der Waals surface area contributed by atoms with E-state index in [0.29, 0.717) is 43.5 Å². The third-order valence-electron chi connectivity index (χ3n) is 4.78. The van der Waals surface area contributed by atoms with Crippen molar-refractivity contribution >= 4 is 17.8 Å². The maximum atomic E-state index is 13.0. The van der Waals surface area contributed by atoms with Gasteiger partial charge < -0.3 is 19.7 Å². The first kappa shape index (κ1) is 22.7. The first-order valence-electron chi connectivity index (χ1n) is 10.4. The van der Waals surface area contributed by atoms with Crippen LogP contribution in [0.1, 0.15) is 56.8 Å². The quantitative estimate of drug-likeness (QED) is 0.479. The molecule has 1 aliphatic heterocycles. The lowest BCUT2D eigenvalue weighted by atomic mass is 10.1. The lowest BCUT2D eigenvalue weighted by Crippen LogP contribution is -2.57. The fourth-order valence-corrected chi connectivity index (χ4v) is 2.98. The minimum atomic E-state index is -0.854. The Morgan fingerprint density at radius 2 is 1.93 bits per heavy atom. The summed E-state index contributed by atoms with van der Waals surface area (Å²) in [6.07, 6.45) is 2.51. The number of hydrogen-bond donors (Lipinski definition) is 1. The van der Waals surface area contributed by atoms with E-state index in [2.05, 4.69) is 19.2 Å². The number of esters is 1. The smallest absolute Gasteiger partial charge is 0.308 e. The molecule has 1 aliphatic rings. The fraction of sp³-hybridized carbons (Fsp3) is 0.591. The Bertz CT molecular complexity index is 687. The van der Waals surface area contributed by atoms with Crippen LogP contribution in [-0.4, -0.2) is 55.0 Å². The Morgan fingerprint density at radius 3 is 2.59 bits per heavy atom. The number of hydrogen-bond acceptors (Lipinski definition) is 5. The molecule has 160 valence electrons. The molecule has 1 N–H and O–H groups in total. The molecular weight excluding hydrogens is 372 g/mol. The summed E-state index contributed by atoms with van der Waals surface area (Å²) in [5, 5.41) is 2.72. The Labute approximate surface area is 172 Å². The van der Waals surface area contributed by atoms with Gasteiger partial charge in [0.2, 0.25) is 5.91 Å². The molecule has 1 aromatic carbocycles. The van der Waals surface area contributed by atoms with E-state index in [9.17, 15) is 14.4 Å². The summed E-state index contributed by atoms with van der Waals surface area (Å²) < 4.78 is 10.8. The molecule has 29 heavy (non-hydrogen) atoms. The summed E-state index contributed by atoms with van der Waals surface area (Å²) in [7, 11) is 0. The van der Waals surface area contributed by atoms with Gasteiger partial charge in [-0.2, -0.15) is 0 Å². The SMILES string of the molecule is CCCCOC(=O)CC1C(=O)NCCN1C(=O)c1ccc(OCCC(C)C)cc1. The molecule has 1 saturated heterocycles. The van der Waals surface area contributed by atoms with E-state index in [1.165, 1.54) is 4.90 Å². The number of unbranched alkanes of at least 4 members (excludes halogenated alkanes) is 1.